The van der Waals surface area contributed by atoms with Gasteiger partial charge in [0.25, 0.3) is 0 Å². The molecule has 1 N–H and O–H groups in total. The highest BCUT2D eigenvalue weighted by Gasteiger charge is 2.19. The second kappa shape index (κ2) is 6.40. The zero-order valence-corrected chi connectivity index (χ0v) is 14.0. The predicted octanol–water partition coefficient (Wildman–Crippen LogP) is 4.70. The zero-order valence-electron chi connectivity index (χ0n) is 14.0. The number of carbonyl (C=O) groups excluding carboxylic acids is 1. The van der Waals surface area contributed by atoms with Gasteiger partial charge in [-0.2, -0.15) is 0 Å². The molecule has 0 amide bonds. The molecular weight excluding hydrogens is 304 g/mol. The molecule has 0 fully saturated rings. The maximum atomic E-state index is 12.6. The normalized spacial score (nSPS) is 11.2. The van der Waals surface area contributed by atoms with E-state index in [9.17, 15) is 9.90 Å². The Morgan fingerprint density at radius 3 is 2.62 bits per heavy atom. The van der Waals surface area contributed by atoms with Gasteiger partial charge < -0.3 is 14.3 Å². The number of rotatable bonds is 5. The smallest absolute Gasteiger partial charge is 0.174 e. The van der Waals surface area contributed by atoms with Crippen LogP contribution in [0.2, 0.25) is 0 Å². The van der Waals surface area contributed by atoms with Crippen LogP contribution in [0.3, 0.4) is 0 Å². The quantitative estimate of drug-likeness (QED) is 0.691. The average molecular weight is 324 g/mol. The van der Waals surface area contributed by atoms with Gasteiger partial charge in [-0.25, -0.2) is 0 Å². The Balaban J connectivity index is 1.93. The molecule has 0 radical (unpaired) electrons. The number of aromatic hydroxyl groups is 1. The summed E-state index contributed by atoms with van der Waals surface area (Å²) in [7, 11) is 1.55. The first-order valence-electron chi connectivity index (χ1n) is 7.91. The molecule has 3 rings (SSSR count). The van der Waals surface area contributed by atoms with Crippen molar-refractivity contribution in [1.82, 2.24) is 0 Å². The van der Waals surface area contributed by atoms with Gasteiger partial charge in [0.2, 0.25) is 0 Å². The van der Waals surface area contributed by atoms with Gasteiger partial charge in [0.15, 0.2) is 5.78 Å². The van der Waals surface area contributed by atoms with E-state index in [0.717, 1.165) is 16.5 Å². The molecular formula is C20H20O4. The van der Waals surface area contributed by atoms with E-state index in [1.165, 1.54) is 6.07 Å². The van der Waals surface area contributed by atoms with Crippen LogP contribution in [-0.4, -0.2) is 18.0 Å². The van der Waals surface area contributed by atoms with Crippen LogP contribution in [0.25, 0.3) is 11.0 Å². The molecule has 24 heavy (non-hydrogen) atoms. The SMILES string of the molecule is COc1cc(O)c(C(=O)Cc2cc3ccccc3o2)cc1C(C)C. The molecule has 0 aliphatic heterocycles. The minimum atomic E-state index is -0.184. The molecule has 4 nitrogen and oxygen atoms in total. The fraction of sp³-hybridized carbons (Fsp3) is 0.250. The summed E-state index contributed by atoms with van der Waals surface area (Å²) in [5, 5.41) is 11.1. The largest absolute Gasteiger partial charge is 0.507 e. The zero-order chi connectivity index (χ0) is 17.3. The first kappa shape index (κ1) is 16.1. The first-order valence-corrected chi connectivity index (χ1v) is 7.91. The summed E-state index contributed by atoms with van der Waals surface area (Å²) in [6.07, 6.45) is 0.103. The number of benzene rings is 2. The summed E-state index contributed by atoms with van der Waals surface area (Å²) in [5.41, 5.74) is 1.94. The number of hydrogen-bond donors (Lipinski definition) is 1. The summed E-state index contributed by atoms with van der Waals surface area (Å²) < 4.78 is 11.0. The van der Waals surface area contributed by atoms with E-state index >= 15 is 0 Å². The second-order valence-corrected chi connectivity index (χ2v) is 6.12. The second-order valence-electron chi connectivity index (χ2n) is 6.12. The van der Waals surface area contributed by atoms with Crippen molar-refractivity contribution in [3.05, 3.63) is 59.4 Å². The number of phenolic OH excluding ortho intramolecular Hbond substituents is 1. The van der Waals surface area contributed by atoms with Crippen molar-refractivity contribution in [2.24, 2.45) is 0 Å². The monoisotopic (exact) mass is 324 g/mol. The van der Waals surface area contributed by atoms with Gasteiger partial charge in [0, 0.05) is 11.5 Å². The number of hydrogen-bond acceptors (Lipinski definition) is 4. The summed E-state index contributed by atoms with van der Waals surface area (Å²) in [6, 6.07) is 12.7. The number of para-hydroxylation sites is 1. The highest BCUT2D eigenvalue weighted by molar-refractivity contribution is 6.00. The minimum Gasteiger partial charge on any atom is -0.507 e. The Morgan fingerprint density at radius 1 is 1.21 bits per heavy atom. The summed E-state index contributed by atoms with van der Waals surface area (Å²) in [5.74, 6) is 1.09. The number of ether oxygens (including phenoxy) is 1. The number of ketones is 1. The molecule has 124 valence electrons. The van der Waals surface area contributed by atoms with Crippen LogP contribution >= 0.6 is 0 Å². The molecule has 0 saturated carbocycles. The van der Waals surface area contributed by atoms with E-state index in [4.69, 9.17) is 9.15 Å². The standard InChI is InChI=1S/C20H20O4/c1-12(2)15-10-16(18(22)11-20(15)23-3)17(21)9-14-8-13-6-4-5-7-19(13)24-14/h4-8,10-12,22H,9H2,1-3H3. The molecule has 4 heteroatoms. The summed E-state index contributed by atoms with van der Waals surface area (Å²) >= 11 is 0. The van der Waals surface area contributed by atoms with Crippen molar-refractivity contribution >= 4 is 16.8 Å². The molecule has 0 aliphatic rings. The molecule has 0 spiro atoms. The molecule has 1 aromatic heterocycles. The first-order chi connectivity index (χ1) is 11.5. The van der Waals surface area contributed by atoms with Gasteiger partial charge >= 0.3 is 0 Å². The Kier molecular flexibility index (Phi) is 4.30. The van der Waals surface area contributed by atoms with Gasteiger partial charge in [-0.05, 0) is 29.7 Å². The molecule has 0 saturated heterocycles. The number of furan rings is 1. The maximum Gasteiger partial charge on any atom is 0.174 e. The van der Waals surface area contributed by atoms with Gasteiger partial charge in [-0.3, -0.25) is 4.79 Å². The molecule has 0 aliphatic carbocycles. The van der Waals surface area contributed by atoms with Crippen LogP contribution < -0.4 is 4.74 Å². The number of carbonyl (C=O) groups is 1. The van der Waals surface area contributed by atoms with E-state index in [1.807, 2.05) is 44.2 Å². The highest BCUT2D eigenvalue weighted by Crippen LogP contribution is 2.33. The minimum absolute atomic E-state index is 0.0719. The van der Waals surface area contributed by atoms with Crippen LogP contribution in [0, 0.1) is 0 Å². The third kappa shape index (κ3) is 3.00. The van der Waals surface area contributed by atoms with Crippen molar-refractivity contribution in [2.45, 2.75) is 26.2 Å². The maximum absolute atomic E-state index is 12.6. The molecule has 0 atom stereocenters. The van der Waals surface area contributed by atoms with Crippen molar-refractivity contribution < 1.29 is 19.1 Å². The molecule has 3 aromatic rings. The molecule has 1 heterocycles. The van der Waals surface area contributed by atoms with Crippen molar-refractivity contribution in [2.75, 3.05) is 7.11 Å². The molecule has 0 bridgehead atoms. The Morgan fingerprint density at radius 2 is 1.96 bits per heavy atom. The lowest BCUT2D eigenvalue weighted by molar-refractivity contribution is 0.0985. The van der Waals surface area contributed by atoms with Crippen molar-refractivity contribution in [1.29, 1.82) is 0 Å². The van der Waals surface area contributed by atoms with Crippen LogP contribution in [-0.2, 0) is 6.42 Å². The van der Waals surface area contributed by atoms with Gasteiger partial charge in [0.05, 0.1) is 19.1 Å². The predicted molar refractivity (Wildman–Crippen MR) is 93.0 cm³/mol. The van der Waals surface area contributed by atoms with Gasteiger partial charge in [-0.15, -0.1) is 0 Å². The third-order valence-electron chi connectivity index (χ3n) is 4.08. The van der Waals surface area contributed by atoms with E-state index in [2.05, 4.69) is 0 Å². The van der Waals surface area contributed by atoms with Crippen LogP contribution in [0.5, 0.6) is 11.5 Å². The van der Waals surface area contributed by atoms with Crippen LogP contribution in [0.1, 0.15) is 41.4 Å². The number of fused-ring (bicyclic) bond motifs is 1. The lowest BCUT2D eigenvalue weighted by atomic mass is 9.96. The van der Waals surface area contributed by atoms with Gasteiger partial charge in [-0.1, -0.05) is 32.0 Å². The van der Waals surface area contributed by atoms with Crippen molar-refractivity contribution in [3.8, 4) is 11.5 Å². The Hall–Kier alpha value is -2.75. The highest BCUT2D eigenvalue weighted by atomic mass is 16.5. The Labute approximate surface area is 140 Å². The summed E-state index contributed by atoms with van der Waals surface area (Å²) in [6.45, 7) is 4.03. The third-order valence-corrected chi connectivity index (χ3v) is 4.08. The molecule has 0 unspecified atom stereocenters. The lowest BCUT2D eigenvalue weighted by Crippen LogP contribution is -2.06. The van der Waals surface area contributed by atoms with Gasteiger partial charge in [0.1, 0.15) is 22.8 Å². The van der Waals surface area contributed by atoms with Crippen LogP contribution in [0.4, 0.5) is 0 Å². The summed E-state index contributed by atoms with van der Waals surface area (Å²) in [4.78, 5) is 12.6. The number of methoxy groups -OCH3 is 1. The fourth-order valence-corrected chi connectivity index (χ4v) is 2.81. The van der Waals surface area contributed by atoms with E-state index < -0.39 is 0 Å². The van der Waals surface area contributed by atoms with Crippen LogP contribution in [0.15, 0.2) is 46.9 Å². The Bertz CT molecular complexity index is 857. The topological polar surface area (TPSA) is 59.7 Å². The average Bonchev–Trinajstić information content (AvgIpc) is 2.96. The number of phenols is 1. The lowest BCUT2D eigenvalue weighted by Gasteiger charge is -2.14. The fourth-order valence-electron chi connectivity index (χ4n) is 2.81. The van der Waals surface area contributed by atoms with E-state index in [1.54, 1.807) is 13.2 Å². The molecule has 2 aromatic carbocycles. The number of Topliss-reactive ketones (excluding diaryl/α,β-unsaturated/α-hetero) is 1. The van der Waals surface area contributed by atoms with E-state index in [0.29, 0.717) is 17.1 Å². The van der Waals surface area contributed by atoms with Crippen molar-refractivity contribution in [3.63, 3.8) is 0 Å². The van der Waals surface area contributed by atoms with E-state index in [-0.39, 0.29) is 23.9 Å².